The molecule has 5 nitrogen and oxygen atoms in total. The van der Waals surface area contributed by atoms with Crippen molar-refractivity contribution in [1.29, 1.82) is 0 Å². The summed E-state index contributed by atoms with van der Waals surface area (Å²) in [5.74, 6) is 1.50. The minimum absolute atomic E-state index is 0.356. The summed E-state index contributed by atoms with van der Waals surface area (Å²) in [6.07, 6.45) is -0.356. The van der Waals surface area contributed by atoms with Crippen LogP contribution in [0.2, 0.25) is 0 Å². The lowest BCUT2D eigenvalue weighted by Crippen LogP contribution is -2.33. The van der Waals surface area contributed by atoms with Crippen LogP contribution in [-0.4, -0.2) is 16.2 Å². The van der Waals surface area contributed by atoms with Crippen molar-refractivity contribution in [2.24, 2.45) is 9.98 Å². The van der Waals surface area contributed by atoms with E-state index in [1.54, 1.807) is 0 Å². The minimum atomic E-state index is -0.356. The Morgan fingerprint density at radius 1 is 0.481 bits per heavy atom. The van der Waals surface area contributed by atoms with Crippen LogP contribution in [0.4, 0.5) is 0 Å². The van der Waals surface area contributed by atoms with Crippen LogP contribution >= 0.6 is 0 Å². The van der Waals surface area contributed by atoms with Crippen LogP contribution in [0, 0.1) is 0 Å². The van der Waals surface area contributed by atoms with Gasteiger partial charge < -0.3 is 14.3 Å². The highest BCUT2D eigenvalue weighted by Gasteiger charge is 2.24. The number of nitrogens with one attached hydrogen (secondary N) is 1. The normalized spacial score (nSPS) is 14.5. The van der Waals surface area contributed by atoms with Crippen molar-refractivity contribution in [3.05, 3.63) is 199 Å². The molecule has 0 amide bonds. The molecular weight excluding hydrogens is 661 g/mol. The molecule has 0 aliphatic carbocycles. The Labute approximate surface area is 311 Å². The largest absolute Gasteiger partial charge is 0.456 e. The Hall–Kier alpha value is -7.24. The maximum absolute atomic E-state index is 6.66. The number of nitrogens with zero attached hydrogens (tertiary/aromatic N) is 3. The highest BCUT2D eigenvalue weighted by molar-refractivity contribution is 6.17. The van der Waals surface area contributed by atoms with Crippen LogP contribution < -0.4 is 5.32 Å². The number of fused-ring (bicyclic) bond motifs is 7. The van der Waals surface area contributed by atoms with Gasteiger partial charge in [0, 0.05) is 44.3 Å². The molecule has 0 saturated heterocycles. The molecule has 11 rings (SSSR count). The standard InChI is InChI=1S/C49H32N4O/c1-3-15-31(16-4-1)47-50-48(32-17-5-2-6-18-32)52-49(51-47)39-25-14-22-34-35(39)23-13-24-36(34)41-29-33(30-45-46(41)40-21-9-12-28-44(40)54-45)53-42-26-10-7-19-37(42)38-20-8-11-27-43(38)53/h1-30,49H,(H,50,51,52). The monoisotopic (exact) mass is 692 g/mol. The van der Waals surface area contributed by atoms with E-state index in [-0.39, 0.29) is 6.17 Å². The third kappa shape index (κ3) is 4.79. The maximum Gasteiger partial charge on any atom is 0.159 e. The fourth-order valence-corrected chi connectivity index (χ4v) is 8.26. The summed E-state index contributed by atoms with van der Waals surface area (Å²) < 4.78 is 9.03. The van der Waals surface area contributed by atoms with E-state index in [0.717, 1.165) is 83.1 Å². The van der Waals surface area contributed by atoms with Gasteiger partial charge in [-0.25, -0.2) is 9.98 Å². The van der Waals surface area contributed by atoms with E-state index in [4.69, 9.17) is 14.4 Å². The van der Waals surface area contributed by atoms with Gasteiger partial charge in [0.1, 0.15) is 23.2 Å². The number of furan rings is 1. The fourth-order valence-electron chi connectivity index (χ4n) is 8.26. The molecule has 0 radical (unpaired) electrons. The van der Waals surface area contributed by atoms with Crippen molar-refractivity contribution >= 4 is 66.2 Å². The second-order valence-corrected chi connectivity index (χ2v) is 13.8. The second kappa shape index (κ2) is 12.2. The van der Waals surface area contributed by atoms with E-state index in [1.165, 1.54) is 10.8 Å². The lowest BCUT2D eigenvalue weighted by atomic mass is 9.91. The van der Waals surface area contributed by atoms with E-state index in [9.17, 15) is 0 Å². The molecular formula is C49H32N4O. The van der Waals surface area contributed by atoms with Crippen LogP contribution in [0.3, 0.4) is 0 Å². The molecule has 0 bridgehead atoms. The van der Waals surface area contributed by atoms with Crippen molar-refractivity contribution in [3.8, 4) is 16.8 Å². The quantitative estimate of drug-likeness (QED) is 0.195. The molecule has 254 valence electrons. The third-order valence-corrected chi connectivity index (χ3v) is 10.7. The van der Waals surface area contributed by atoms with Crippen molar-refractivity contribution < 1.29 is 4.42 Å². The number of rotatable bonds is 5. The molecule has 1 unspecified atom stereocenters. The van der Waals surface area contributed by atoms with E-state index < -0.39 is 0 Å². The predicted molar refractivity (Wildman–Crippen MR) is 223 cm³/mol. The highest BCUT2D eigenvalue weighted by atomic mass is 16.3. The minimum Gasteiger partial charge on any atom is -0.456 e. The molecule has 1 atom stereocenters. The molecule has 1 aliphatic heterocycles. The number of hydrogen-bond acceptors (Lipinski definition) is 4. The third-order valence-electron chi connectivity index (χ3n) is 10.7. The molecule has 0 fully saturated rings. The second-order valence-electron chi connectivity index (χ2n) is 13.8. The lowest BCUT2D eigenvalue weighted by Gasteiger charge is -2.25. The summed E-state index contributed by atoms with van der Waals surface area (Å²) in [4.78, 5) is 10.3. The molecule has 1 N–H and O–H groups in total. The van der Waals surface area contributed by atoms with Gasteiger partial charge in [-0.15, -0.1) is 0 Å². The first-order chi connectivity index (χ1) is 26.8. The number of aromatic nitrogens is 1. The fraction of sp³-hybridized carbons (Fsp3) is 0.0204. The van der Waals surface area contributed by atoms with Crippen LogP contribution in [0.5, 0.6) is 0 Å². The Kier molecular flexibility index (Phi) is 6.85. The van der Waals surface area contributed by atoms with Gasteiger partial charge in [-0.1, -0.05) is 152 Å². The lowest BCUT2D eigenvalue weighted by molar-refractivity contribution is 0.668. The zero-order valence-corrected chi connectivity index (χ0v) is 29.1. The first-order valence-corrected chi connectivity index (χ1v) is 18.3. The predicted octanol–water partition coefficient (Wildman–Crippen LogP) is 12.0. The van der Waals surface area contributed by atoms with Crippen LogP contribution in [0.25, 0.3) is 71.3 Å². The van der Waals surface area contributed by atoms with Crippen molar-refractivity contribution in [3.63, 3.8) is 0 Å². The van der Waals surface area contributed by atoms with Crippen LogP contribution in [0.1, 0.15) is 22.9 Å². The first kappa shape index (κ1) is 30.4. The molecule has 3 heterocycles. The van der Waals surface area contributed by atoms with Gasteiger partial charge in [0.2, 0.25) is 0 Å². The summed E-state index contributed by atoms with van der Waals surface area (Å²) >= 11 is 0. The first-order valence-electron chi connectivity index (χ1n) is 18.3. The number of aliphatic imine (C=N–C) groups is 2. The average Bonchev–Trinajstić information content (AvgIpc) is 3.79. The van der Waals surface area contributed by atoms with Gasteiger partial charge in [0.15, 0.2) is 5.84 Å². The highest BCUT2D eigenvalue weighted by Crippen LogP contribution is 2.43. The van der Waals surface area contributed by atoms with Crippen LogP contribution in [0.15, 0.2) is 196 Å². The average molecular weight is 693 g/mol. The van der Waals surface area contributed by atoms with E-state index in [2.05, 4.69) is 149 Å². The number of amidine groups is 2. The van der Waals surface area contributed by atoms with Gasteiger partial charge >= 0.3 is 0 Å². The molecule has 1 aliphatic rings. The summed E-state index contributed by atoms with van der Waals surface area (Å²) in [7, 11) is 0. The summed E-state index contributed by atoms with van der Waals surface area (Å²) in [6, 6.07) is 63.9. The molecule has 2 aromatic heterocycles. The molecule has 0 saturated carbocycles. The molecule has 0 spiro atoms. The van der Waals surface area contributed by atoms with Gasteiger partial charge in [0.05, 0.1) is 16.7 Å². The number of hydrogen-bond donors (Lipinski definition) is 1. The summed E-state index contributed by atoms with van der Waals surface area (Å²) in [5.41, 5.74) is 10.4. The maximum atomic E-state index is 6.66. The Morgan fingerprint density at radius 3 is 1.85 bits per heavy atom. The molecule has 8 aromatic carbocycles. The smallest absolute Gasteiger partial charge is 0.159 e. The van der Waals surface area contributed by atoms with Gasteiger partial charge in [-0.3, -0.25) is 0 Å². The van der Waals surface area contributed by atoms with Crippen molar-refractivity contribution in [2.45, 2.75) is 6.17 Å². The zero-order chi connectivity index (χ0) is 35.6. The molecule has 54 heavy (non-hydrogen) atoms. The zero-order valence-electron chi connectivity index (χ0n) is 29.1. The van der Waals surface area contributed by atoms with Crippen LogP contribution in [-0.2, 0) is 0 Å². The number of benzene rings is 8. The Balaban J connectivity index is 1.15. The van der Waals surface area contributed by atoms with Gasteiger partial charge in [0.25, 0.3) is 0 Å². The topological polar surface area (TPSA) is 54.8 Å². The van der Waals surface area contributed by atoms with E-state index in [0.29, 0.717) is 5.84 Å². The van der Waals surface area contributed by atoms with Gasteiger partial charge in [-0.2, -0.15) is 0 Å². The molecule has 10 aromatic rings. The van der Waals surface area contributed by atoms with Crippen molar-refractivity contribution in [2.75, 3.05) is 0 Å². The van der Waals surface area contributed by atoms with E-state index >= 15 is 0 Å². The summed E-state index contributed by atoms with van der Waals surface area (Å²) in [5, 5.41) is 10.6. The van der Waals surface area contributed by atoms with Gasteiger partial charge in [-0.05, 0) is 46.2 Å². The molecule has 5 heteroatoms. The summed E-state index contributed by atoms with van der Waals surface area (Å²) in [6.45, 7) is 0. The number of para-hydroxylation sites is 3. The van der Waals surface area contributed by atoms with E-state index in [1.807, 2.05) is 42.5 Å². The SMILES string of the molecule is c1ccc(C2=NC(c3cccc4c(-c5cc(-n6c7ccccc7c7ccccc76)cc6oc7ccccc7c56)cccc34)NC(c3ccccc3)=N2)cc1. The Bertz CT molecular complexity index is 3080. The Morgan fingerprint density at radius 2 is 1.09 bits per heavy atom. The van der Waals surface area contributed by atoms with Crippen molar-refractivity contribution in [1.82, 2.24) is 9.88 Å².